The van der Waals surface area contributed by atoms with Crippen LogP contribution >= 0.6 is 15.9 Å². The summed E-state index contributed by atoms with van der Waals surface area (Å²) in [6.45, 7) is 12.8. The molecule has 0 aliphatic heterocycles. The van der Waals surface area contributed by atoms with E-state index >= 15 is 0 Å². The van der Waals surface area contributed by atoms with E-state index in [0.29, 0.717) is 12.6 Å². The van der Waals surface area contributed by atoms with Gasteiger partial charge in [0.15, 0.2) is 0 Å². The molecule has 0 amide bonds. The van der Waals surface area contributed by atoms with Crippen molar-refractivity contribution in [3.8, 4) is 0 Å². The molecule has 0 aliphatic carbocycles. The van der Waals surface area contributed by atoms with Gasteiger partial charge in [0.2, 0.25) is 0 Å². The van der Waals surface area contributed by atoms with Crippen molar-refractivity contribution in [2.45, 2.75) is 52.2 Å². The molecular formula is C12H23BrN2OSi. The second-order valence-corrected chi connectivity index (χ2v) is 12.4. The molecule has 0 atom stereocenters. The van der Waals surface area contributed by atoms with Gasteiger partial charge in [0.05, 0.1) is 16.4 Å². The molecule has 17 heavy (non-hydrogen) atoms. The highest BCUT2D eigenvalue weighted by atomic mass is 79.9. The summed E-state index contributed by atoms with van der Waals surface area (Å²) in [6, 6.07) is 1.20. The zero-order chi connectivity index (χ0) is 13.1. The Balaban J connectivity index is 2.47. The van der Waals surface area contributed by atoms with E-state index < -0.39 is 8.07 Å². The van der Waals surface area contributed by atoms with Crippen LogP contribution in [0.3, 0.4) is 0 Å². The molecule has 0 saturated carbocycles. The van der Waals surface area contributed by atoms with Crippen LogP contribution in [0.25, 0.3) is 0 Å². The third-order valence-electron chi connectivity index (χ3n) is 2.59. The van der Waals surface area contributed by atoms with Gasteiger partial charge in [-0.15, -0.1) is 0 Å². The third-order valence-corrected chi connectivity index (χ3v) is 4.91. The molecule has 0 bridgehead atoms. The highest BCUT2D eigenvalue weighted by molar-refractivity contribution is 9.10. The van der Waals surface area contributed by atoms with Crippen molar-refractivity contribution in [1.29, 1.82) is 0 Å². The normalized spacial score (nSPS) is 12.4. The van der Waals surface area contributed by atoms with E-state index in [1.807, 2.05) is 10.9 Å². The summed E-state index contributed by atoms with van der Waals surface area (Å²) in [5.74, 6) is 0.451. The van der Waals surface area contributed by atoms with Crippen LogP contribution in [-0.2, 0) is 11.5 Å². The van der Waals surface area contributed by atoms with Crippen molar-refractivity contribution in [2.24, 2.45) is 0 Å². The van der Waals surface area contributed by atoms with Crippen LogP contribution in [0.4, 0.5) is 0 Å². The summed E-state index contributed by atoms with van der Waals surface area (Å²) in [7, 11) is -0.990. The summed E-state index contributed by atoms with van der Waals surface area (Å²) in [6.07, 6.45) is 1.84. The van der Waals surface area contributed by atoms with Crippen molar-refractivity contribution >= 4 is 24.0 Å². The van der Waals surface area contributed by atoms with Gasteiger partial charge in [0, 0.05) is 14.7 Å². The summed E-state index contributed by atoms with van der Waals surface area (Å²) in [5.41, 5.74) is 1.21. The van der Waals surface area contributed by atoms with E-state index in [0.717, 1.165) is 11.1 Å². The van der Waals surface area contributed by atoms with Gasteiger partial charge >= 0.3 is 0 Å². The fourth-order valence-corrected chi connectivity index (χ4v) is 3.09. The summed E-state index contributed by atoms with van der Waals surface area (Å²) >= 11 is 3.53. The maximum Gasteiger partial charge on any atom is 0.139 e. The molecule has 1 heterocycles. The molecule has 1 rings (SSSR count). The minimum absolute atomic E-state index is 0.451. The molecule has 0 unspecified atom stereocenters. The standard InChI is InChI=1S/C12H23BrN2OSi/c1-10(2)12-11(13)8-14-15(12)9-16-6-7-17(3,4)5/h8,10H,6-7,9H2,1-5H3. The number of hydrogen-bond donors (Lipinski definition) is 0. The molecule has 0 spiro atoms. The number of nitrogens with zero attached hydrogens (tertiary/aromatic N) is 2. The molecular weight excluding hydrogens is 296 g/mol. The van der Waals surface area contributed by atoms with Crippen LogP contribution in [0.15, 0.2) is 10.7 Å². The topological polar surface area (TPSA) is 27.1 Å². The van der Waals surface area contributed by atoms with Gasteiger partial charge in [-0.3, -0.25) is 0 Å². The largest absolute Gasteiger partial charge is 0.360 e. The summed E-state index contributed by atoms with van der Waals surface area (Å²) < 4.78 is 8.73. The van der Waals surface area contributed by atoms with Gasteiger partial charge in [0.1, 0.15) is 6.73 Å². The Labute approximate surface area is 114 Å². The lowest BCUT2D eigenvalue weighted by atomic mass is 10.1. The Morgan fingerprint density at radius 2 is 2.06 bits per heavy atom. The van der Waals surface area contributed by atoms with Crippen molar-refractivity contribution in [3.05, 3.63) is 16.4 Å². The molecule has 0 radical (unpaired) electrons. The zero-order valence-electron chi connectivity index (χ0n) is 11.5. The Kier molecular flexibility index (Phi) is 5.41. The third kappa shape index (κ3) is 4.93. The molecule has 0 N–H and O–H groups in total. The Morgan fingerprint density at radius 1 is 1.41 bits per heavy atom. The number of aromatic nitrogens is 2. The Bertz CT molecular complexity index is 358. The molecule has 0 saturated heterocycles. The summed E-state index contributed by atoms with van der Waals surface area (Å²) in [5, 5.41) is 4.33. The molecule has 0 fully saturated rings. The van der Waals surface area contributed by atoms with E-state index in [-0.39, 0.29) is 0 Å². The van der Waals surface area contributed by atoms with E-state index in [2.05, 4.69) is 54.5 Å². The lowest BCUT2D eigenvalue weighted by Crippen LogP contribution is -2.22. The first kappa shape index (κ1) is 14.9. The predicted octanol–water partition coefficient (Wildman–Crippen LogP) is 4.08. The van der Waals surface area contributed by atoms with Crippen LogP contribution in [0.1, 0.15) is 25.5 Å². The second kappa shape index (κ2) is 6.16. The van der Waals surface area contributed by atoms with Crippen molar-refractivity contribution in [3.63, 3.8) is 0 Å². The van der Waals surface area contributed by atoms with Crippen molar-refractivity contribution in [2.75, 3.05) is 6.61 Å². The van der Waals surface area contributed by atoms with Gasteiger partial charge < -0.3 is 4.74 Å². The highest BCUT2D eigenvalue weighted by Gasteiger charge is 2.14. The van der Waals surface area contributed by atoms with Crippen molar-refractivity contribution < 1.29 is 4.74 Å². The van der Waals surface area contributed by atoms with Gasteiger partial charge in [-0.2, -0.15) is 5.10 Å². The first-order chi connectivity index (χ1) is 7.81. The van der Waals surface area contributed by atoms with E-state index in [9.17, 15) is 0 Å². The fourth-order valence-electron chi connectivity index (χ4n) is 1.58. The van der Waals surface area contributed by atoms with Crippen LogP contribution in [0, 0.1) is 0 Å². The summed E-state index contributed by atoms with van der Waals surface area (Å²) in [4.78, 5) is 0. The average Bonchev–Trinajstić information content (AvgIpc) is 2.53. The number of rotatable bonds is 6. The lowest BCUT2D eigenvalue weighted by Gasteiger charge is -2.16. The Morgan fingerprint density at radius 3 is 2.59 bits per heavy atom. The van der Waals surface area contributed by atoms with Crippen LogP contribution in [0.2, 0.25) is 25.7 Å². The van der Waals surface area contributed by atoms with Crippen LogP contribution in [-0.4, -0.2) is 24.5 Å². The Hall–Kier alpha value is -0.133. The zero-order valence-corrected chi connectivity index (χ0v) is 14.0. The first-order valence-electron chi connectivity index (χ1n) is 6.10. The maximum atomic E-state index is 5.71. The van der Waals surface area contributed by atoms with Gasteiger partial charge in [-0.1, -0.05) is 33.5 Å². The SMILES string of the molecule is CC(C)c1c(Br)cnn1COCC[Si](C)(C)C. The van der Waals surface area contributed by atoms with Gasteiger partial charge in [-0.25, -0.2) is 4.68 Å². The lowest BCUT2D eigenvalue weighted by molar-refractivity contribution is 0.0759. The number of hydrogen-bond acceptors (Lipinski definition) is 2. The minimum atomic E-state index is -0.990. The molecule has 98 valence electrons. The first-order valence-corrected chi connectivity index (χ1v) is 10.6. The molecule has 3 nitrogen and oxygen atoms in total. The van der Waals surface area contributed by atoms with E-state index in [1.165, 1.54) is 11.7 Å². The van der Waals surface area contributed by atoms with Crippen molar-refractivity contribution in [1.82, 2.24) is 9.78 Å². The van der Waals surface area contributed by atoms with E-state index in [1.54, 1.807) is 0 Å². The second-order valence-electron chi connectivity index (χ2n) is 5.88. The highest BCUT2D eigenvalue weighted by Crippen LogP contribution is 2.24. The molecule has 0 aliphatic rings. The fraction of sp³-hybridized carbons (Fsp3) is 0.750. The van der Waals surface area contributed by atoms with E-state index in [4.69, 9.17) is 4.74 Å². The predicted molar refractivity (Wildman–Crippen MR) is 78.1 cm³/mol. The average molecular weight is 319 g/mol. The smallest absolute Gasteiger partial charge is 0.139 e. The molecule has 5 heteroatoms. The molecule has 1 aromatic rings. The van der Waals surface area contributed by atoms with Crippen LogP contribution < -0.4 is 0 Å². The maximum absolute atomic E-state index is 5.71. The van der Waals surface area contributed by atoms with Crippen LogP contribution in [0.5, 0.6) is 0 Å². The van der Waals surface area contributed by atoms with Gasteiger partial charge in [0.25, 0.3) is 0 Å². The number of ether oxygens (including phenoxy) is 1. The van der Waals surface area contributed by atoms with Gasteiger partial charge in [-0.05, 0) is 27.9 Å². The quantitative estimate of drug-likeness (QED) is 0.583. The number of halogens is 1. The molecule has 0 aromatic carbocycles. The monoisotopic (exact) mass is 318 g/mol. The molecule has 1 aromatic heterocycles. The minimum Gasteiger partial charge on any atom is -0.360 e.